The van der Waals surface area contributed by atoms with Gasteiger partial charge >= 0.3 is 5.69 Å². The minimum Gasteiger partial charge on any atom is -0.393 e. The Kier molecular flexibility index (Phi) is 4.13. The lowest BCUT2D eigenvalue weighted by atomic mass is 9.75. The largest absolute Gasteiger partial charge is 0.393 e. The van der Waals surface area contributed by atoms with Crippen LogP contribution in [0.3, 0.4) is 0 Å². The number of anilines is 1. The summed E-state index contributed by atoms with van der Waals surface area (Å²) >= 11 is 0. The molecule has 1 aliphatic carbocycles. The fourth-order valence-corrected chi connectivity index (χ4v) is 2.66. The Labute approximate surface area is 123 Å². The van der Waals surface area contributed by atoms with Crippen LogP contribution in [0.2, 0.25) is 0 Å². The first-order chi connectivity index (χ1) is 9.87. The van der Waals surface area contributed by atoms with E-state index in [0.717, 1.165) is 19.3 Å². The Hall–Kier alpha value is -2.15. The SMILES string of the molecule is CN(C)C1(CNC(=O)c2cccc(N)c2[N+](=O)[O-])CCC1. The first-order valence-corrected chi connectivity index (χ1v) is 6.86. The van der Waals surface area contributed by atoms with E-state index in [2.05, 4.69) is 10.2 Å². The van der Waals surface area contributed by atoms with Crippen LogP contribution in [-0.4, -0.2) is 41.9 Å². The van der Waals surface area contributed by atoms with E-state index in [9.17, 15) is 14.9 Å². The van der Waals surface area contributed by atoms with E-state index in [4.69, 9.17) is 5.73 Å². The molecule has 1 aromatic carbocycles. The number of nitro groups is 1. The lowest BCUT2D eigenvalue weighted by molar-refractivity contribution is -0.384. The standard InChI is InChI=1S/C14H20N4O3/c1-17(2)14(7-4-8-14)9-16-13(19)10-5-3-6-11(15)12(10)18(20)21/h3,5-6H,4,7-9,15H2,1-2H3,(H,16,19). The Bertz CT molecular complexity index is 567. The van der Waals surface area contributed by atoms with Gasteiger partial charge in [-0.3, -0.25) is 14.9 Å². The van der Waals surface area contributed by atoms with Gasteiger partial charge in [0.25, 0.3) is 5.91 Å². The fourth-order valence-electron chi connectivity index (χ4n) is 2.66. The summed E-state index contributed by atoms with van der Waals surface area (Å²) in [5.74, 6) is -0.456. The first-order valence-electron chi connectivity index (χ1n) is 6.86. The molecule has 1 aromatic rings. The number of benzene rings is 1. The lowest BCUT2D eigenvalue weighted by Crippen LogP contribution is -2.57. The molecule has 3 N–H and O–H groups in total. The highest BCUT2D eigenvalue weighted by molar-refractivity contribution is 6.00. The maximum absolute atomic E-state index is 12.2. The van der Waals surface area contributed by atoms with E-state index < -0.39 is 10.8 Å². The summed E-state index contributed by atoms with van der Waals surface area (Å²) in [6.07, 6.45) is 3.16. The van der Waals surface area contributed by atoms with Crippen molar-refractivity contribution in [3.05, 3.63) is 33.9 Å². The van der Waals surface area contributed by atoms with Crippen molar-refractivity contribution in [2.45, 2.75) is 24.8 Å². The van der Waals surface area contributed by atoms with Crippen LogP contribution in [0.15, 0.2) is 18.2 Å². The van der Waals surface area contributed by atoms with Gasteiger partial charge in [0.15, 0.2) is 0 Å². The van der Waals surface area contributed by atoms with Gasteiger partial charge in [-0.05, 0) is 45.5 Å². The van der Waals surface area contributed by atoms with Gasteiger partial charge in [-0.1, -0.05) is 6.07 Å². The first kappa shape index (κ1) is 15.2. The van der Waals surface area contributed by atoms with Crippen molar-refractivity contribution >= 4 is 17.3 Å². The Morgan fingerprint density at radius 1 is 1.48 bits per heavy atom. The maximum Gasteiger partial charge on any atom is 0.304 e. The normalized spacial score (nSPS) is 16.3. The Morgan fingerprint density at radius 3 is 2.62 bits per heavy atom. The quantitative estimate of drug-likeness (QED) is 0.485. The van der Waals surface area contributed by atoms with E-state index in [1.165, 1.54) is 12.1 Å². The number of hydrogen-bond donors (Lipinski definition) is 2. The Morgan fingerprint density at radius 2 is 2.14 bits per heavy atom. The lowest BCUT2D eigenvalue weighted by Gasteiger charge is -2.47. The highest BCUT2D eigenvalue weighted by Gasteiger charge is 2.39. The number of nitrogens with zero attached hydrogens (tertiary/aromatic N) is 2. The van der Waals surface area contributed by atoms with Gasteiger partial charge in [-0.15, -0.1) is 0 Å². The van der Waals surface area contributed by atoms with Gasteiger partial charge in [0.2, 0.25) is 0 Å². The zero-order valence-electron chi connectivity index (χ0n) is 12.3. The van der Waals surface area contributed by atoms with Gasteiger partial charge in [-0.2, -0.15) is 0 Å². The molecule has 0 spiro atoms. The average Bonchev–Trinajstić information content (AvgIpc) is 2.35. The zero-order valence-corrected chi connectivity index (χ0v) is 12.3. The van der Waals surface area contributed by atoms with Crippen LogP contribution in [0.1, 0.15) is 29.6 Å². The number of amides is 1. The summed E-state index contributed by atoms with van der Waals surface area (Å²) < 4.78 is 0. The number of nitrogen functional groups attached to an aromatic ring is 1. The topological polar surface area (TPSA) is 102 Å². The molecule has 7 nitrogen and oxygen atoms in total. The van der Waals surface area contributed by atoms with Crippen molar-refractivity contribution in [2.24, 2.45) is 0 Å². The van der Waals surface area contributed by atoms with Crippen LogP contribution >= 0.6 is 0 Å². The van der Waals surface area contributed by atoms with Crippen molar-refractivity contribution in [1.82, 2.24) is 10.2 Å². The molecule has 0 aliphatic heterocycles. The molecule has 1 fully saturated rings. The number of para-hydroxylation sites is 1. The van der Waals surface area contributed by atoms with E-state index in [1.54, 1.807) is 6.07 Å². The number of nitro benzene ring substituents is 1. The second-order valence-electron chi connectivity index (χ2n) is 5.66. The molecule has 21 heavy (non-hydrogen) atoms. The van der Waals surface area contributed by atoms with Gasteiger partial charge in [0, 0.05) is 12.1 Å². The molecule has 0 atom stereocenters. The summed E-state index contributed by atoms with van der Waals surface area (Å²) in [7, 11) is 3.96. The van der Waals surface area contributed by atoms with Crippen molar-refractivity contribution in [3.63, 3.8) is 0 Å². The highest BCUT2D eigenvalue weighted by Crippen LogP contribution is 2.35. The molecule has 0 aromatic heterocycles. The van der Waals surface area contributed by atoms with Crippen molar-refractivity contribution < 1.29 is 9.72 Å². The predicted molar refractivity (Wildman–Crippen MR) is 80.1 cm³/mol. The molecular formula is C14H20N4O3. The number of rotatable bonds is 5. The third-order valence-electron chi connectivity index (χ3n) is 4.31. The second-order valence-corrected chi connectivity index (χ2v) is 5.66. The molecule has 0 bridgehead atoms. The van der Waals surface area contributed by atoms with E-state index in [1.807, 2.05) is 14.1 Å². The van der Waals surface area contributed by atoms with Gasteiger partial charge in [0.05, 0.1) is 4.92 Å². The van der Waals surface area contributed by atoms with Crippen molar-refractivity contribution in [3.8, 4) is 0 Å². The van der Waals surface area contributed by atoms with Crippen LogP contribution in [0.5, 0.6) is 0 Å². The number of likely N-dealkylation sites (N-methyl/N-ethyl adjacent to an activating group) is 1. The minimum absolute atomic E-state index is 0.00128. The van der Waals surface area contributed by atoms with Gasteiger partial charge in [-0.25, -0.2) is 0 Å². The summed E-state index contributed by atoms with van der Waals surface area (Å²) in [5.41, 5.74) is 5.24. The summed E-state index contributed by atoms with van der Waals surface area (Å²) in [6, 6.07) is 4.39. The zero-order chi connectivity index (χ0) is 15.6. The molecule has 114 valence electrons. The molecule has 1 amide bonds. The molecular weight excluding hydrogens is 272 g/mol. The van der Waals surface area contributed by atoms with E-state index in [0.29, 0.717) is 6.54 Å². The molecule has 7 heteroatoms. The van der Waals surface area contributed by atoms with Crippen LogP contribution in [-0.2, 0) is 0 Å². The third kappa shape index (κ3) is 2.82. The number of nitrogens with one attached hydrogen (secondary N) is 1. The number of carbonyl (C=O) groups is 1. The van der Waals surface area contributed by atoms with Crippen LogP contribution in [0.4, 0.5) is 11.4 Å². The molecule has 0 heterocycles. The van der Waals surface area contributed by atoms with Crippen molar-refractivity contribution in [1.29, 1.82) is 0 Å². The van der Waals surface area contributed by atoms with Crippen LogP contribution in [0, 0.1) is 10.1 Å². The van der Waals surface area contributed by atoms with E-state index >= 15 is 0 Å². The Balaban J connectivity index is 2.15. The number of hydrogen-bond acceptors (Lipinski definition) is 5. The van der Waals surface area contributed by atoms with Crippen molar-refractivity contribution in [2.75, 3.05) is 26.4 Å². The highest BCUT2D eigenvalue weighted by atomic mass is 16.6. The van der Waals surface area contributed by atoms with Gasteiger partial charge in [0.1, 0.15) is 11.3 Å². The summed E-state index contributed by atoms with van der Waals surface area (Å²) in [5, 5.41) is 13.9. The third-order valence-corrected chi connectivity index (χ3v) is 4.31. The summed E-state index contributed by atoms with van der Waals surface area (Å²) in [6.45, 7) is 0.477. The predicted octanol–water partition coefficient (Wildman–Crippen LogP) is 1.39. The molecule has 2 rings (SSSR count). The average molecular weight is 292 g/mol. The number of nitrogens with two attached hydrogens (primary N) is 1. The van der Waals surface area contributed by atoms with Gasteiger partial charge < -0.3 is 16.0 Å². The minimum atomic E-state index is -0.616. The molecule has 0 unspecified atom stereocenters. The van der Waals surface area contributed by atoms with Crippen LogP contribution < -0.4 is 11.1 Å². The maximum atomic E-state index is 12.2. The fraction of sp³-hybridized carbons (Fsp3) is 0.500. The summed E-state index contributed by atoms with van der Waals surface area (Å²) in [4.78, 5) is 24.8. The molecule has 1 aliphatic rings. The van der Waals surface area contributed by atoms with E-state index in [-0.39, 0.29) is 22.5 Å². The molecule has 0 radical (unpaired) electrons. The molecule has 0 saturated heterocycles. The number of carbonyl (C=O) groups excluding carboxylic acids is 1. The van der Waals surface area contributed by atoms with Crippen LogP contribution in [0.25, 0.3) is 0 Å². The second kappa shape index (κ2) is 5.69. The molecule has 1 saturated carbocycles. The smallest absolute Gasteiger partial charge is 0.304 e. The monoisotopic (exact) mass is 292 g/mol.